The highest BCUT2D eigenvalue weighted by molar-refractivity contribution is 8.00. The number of rotatable bonds is 5. The topological polar surface area (TPSA) is 78.6 Å². The van der Waals surface area contributed by atoms with Crippen LogP contribution >= 0.6 is 11.8 Å². The average molecular weight is 287 g/mol. The van der Waals surface area contributed by atoms with Crippen molar-refractivity contribution in [2.75, 3.05) is 25.2 Å². The van der Waals surface area contributed by atoms with Crippen LogP contribution in [0.25, 0.3) is 0 Å². The number of esters is 2. The van der Waals surface area contributed by atoms with Gasteiger partial charge in [-0.1, -0.05) is 0 Å². The zero-order chi connectivity index (χ0) is 14.4. The number of halogens is 1. The quantitative estimate of drug-likeness (QED) is 0.506. The predicted molar refractivity (Wildman–Crippen MR) is 69.5 cm³/mol. The van der Waals surface area contributed by atoms with Gasteiger partial charge in [-0.25, -0.2) is 9.18 Å². The van der Waals surface area contributed by atoms with Crippen LogP contribution in [0.4, 0.5) is 10.1 Å². The Bertz CT molecular complexity index is 493. The van der Waals surface area contributed by atoms with Gasteiger partial charge in [-0.3, -0.25) is 4.79 Å². The summed E-state index contributed by atoms with van der Waals surface area (Å²) in [6, 6.07) is 2.29. The summed E-state index contributed by atoms with van der Waals surface area (Å²) >= 11 is 0.933. The molecule has 0 amide bonds. The molecule has 0 saturated heterocycles. The van der Waals surface area contributed by atoms with Crippen molar-refractivity contribution in [2.45, 2.75) is 11.8 Å². The molecule has 0 fully saturated rings. The SMILES string of the molecule is CCOC(=O)CSc1cc(C(=O)OC)c(N)cc1F. The van der Waals surface area contributed by atoms with Gasteiger partial charge in [0.15, 0.2) is 0 Å². The third-order valence-electron chi connectivity index (χ3n) is 2.16. The molecule has 0 aliphatic rings. The zero-order valence-electron chi connectivity index (χ0n) is 10.6. The van der Waals surface area contributed by atoms with Gasteiger partial charge in [-0.05, 0) is 19.1 Å². The minimum atomic E-state index is -0.657. The summed E-state index contributed by atoms with van der Waals surface area (Å²) in [4.78, 5) is 22.7. The minimum Gasteiger partial charge on any atom is -0.465 e. The van der Waals surface area contributed by atoms with E-state index in [-0.39, 0.29) is 28.5 Å². The van der Waals surface area contributed by atoms with E-state index in [0.29, 0.717) is 0 Å². The second-order valence-corrected chi connectivity index (χ2v) is 4.47. The molecule has 19 heavy (non-hydrogen) atoms. The van der Waals surface area contributed by atoms with Crippen molar-refractivity contribution in [3.8, 4) is 0 Å². The highest BCUT2D eigenvalue weighted by Crippen LogP contribution is 2.27. The zero-order valence-corrected chi connectivity index (χ0v) is 11.4. The smallest absolute Gasteiger partial charge is 0.339 e. The molecule has 0 atom stereocenters. The van der Waals surface area contributed by atoms with E-state index in [9.17, 15) is 14.0 Å². The van der Waals surface area contributed by atoms with E-state index in [0.717, 1.165) is 17.8 Å². The van der Waals surface area contributed by atoms with Gasteiger partial charge in [0.05, 0.1) is 25.0 Å². The Labute approximate surface area is 114 Å². The molecule has 1 rings (SSSR count). The fraction of sp³-hybridized carbons (Fsp3) is 0.333. The van der Waals surface area contributed by atoms with E-state index in [1.165, 1.54) is 13.2 Å². The molecule has 2 N–H and O–H groups in total. The monoisotopic (exact) mass is 287 g/mol. The van der Waals surface area contributed by atoms with Crippen LogP contribution in [0.2, 0.25) is 0 Å². The Morgan fingerprint density at radius 1 is 1.42 bits per heavy atom. The molecule has 1 aromatic rings. The summed E-state index contributed by atoms with van der Waals surface area (Å²) in [5, 5.41) is 0. The van der Waals surface area contributed by atoms with Crippen molar-refractivity contribution >= 4 is 29.4 Å². The molecular formula is C12H14FNO4S. The van der Waals surface area contributed by atoms with Crippen LogP contribution in [0.15, 0.2) is 17.0 Å². The number of nitrogens with two attached hydrogens (primary N) is 1. The van der Waals surface area contributed by atoms with Crippen LogP contribution < -0.4 is 5.73 Å². The van der Waals surface area contributed by atoms with Gasteiger partial charge in [0, 0.05) is 10.6 Å². The number of carbonyl (C=O) groups is 2. The van der Waals surface area contributed by atoms with Crippen LogP contribution in [0, 0.1) is 5.82 Å². The summed E-state index contributed by atoms with van der Waals surface area (Å²) in [6.07, 6.45) is 0. The minimum absolute atomic E-state index is 0.00941. The third-order valence-corrected chi connectivity index (χ3v) is 3.16. The molecule has 0 aromatic heterocycles. The number of nitrogen functional groups attached to an aromatic ring is 1. The van der Waals surface area contributed by atoms with Gasteiger partial charge < -0.3 is 15.2 Å². The maximum atomic E-state index is 13.6. The Kier molecular flexibility index (Phi) is 5.62. The van der Waals surface area contributed by atoms with Gasteiger partial charge in [0.25, 0.3) is 0 Å². The van der Waals surface area contributed by atoms with Gasteiger partial charge in [-0.15, -0.1) is 11.8 Å². The van der Waals surface area contributed by atoms with E-state index in [1.54, 1.807) is 6.92 Å². The predicted octanol–water partition coefficient (Wildman–Crippen LogP) is 1.85. The van der Waals surface area contributed by atoms with Crippen LogP contribution in [-0.2, 0) is 14.3 Å². The van der Waals surface area contributed by atoms with Crippen LogP contribution in [-0.4, -0.2) is 31.4 Å². The van der Waals surface area contributed by atoms with E-state index >= 15 is 0 Å². The molecule has 0 aliphatic carbocycles. The first-order chi connectivity index (χ1) is 8.99. The molecule has 0 unspecified atom stereocenters. The normalized spacial score (nSPS) is 10.1. The standard InChI is InChI=1S/C12H14FNO4S/c1-3-18-11(15)6-19-10-4-7(12(16)17-2)9(14)5-8(10)13/h4-5H,3,6,14H2,1-2H3. The number of ether oxygens (including phenoxy) is 2. The molecule has 0 spiro atoms. The van der Waals surface area contributed by atoms with Crippen LogP contribution in [0.1, 0.15) is 17.3 Å². The number of hydrogen-bond acceptors (Lipinski definition) is 6. The molecule has 7 heteroatoms. The number of methoxy groups -OCH3 is 1. The number of anilines is 1. The van der Waals surface area contributed by atoms with Gasteiger partial charge in [0.2, 0.25) is 0 Å². The fourth-order valence-electron chi connectivity index (χ4n) is 1.31. The molecule has 0 bridgehead atoms. The molecule has 5 nitrogen and oxygen atoms in total. The maximum absolute atomic E-state index is 13.6. The lowest BCUT2D eigenvalue weighted by Crippen LogP contribution is -2.09. The van der Waals surface area contributed by atoms with Crippen molar-refractivity contribution in [3.63, 3.8) is 0 Å². The van der Waals surface area contributed by atoms with Crippen molar-refractivity contribution in [1.29, 1.82) is 0 Å². The first-order valence-corrected chi connectivity index (χ1v) is 6.43. The molecule has 104 valence electrons. The van der Waals surface area contributed by atoms with Crippen molar-refractivity contribution in [2.24, 2.45) is 0 Å². The van der Waals surface area contributed by atoms with E-state index in [1.807, 2.05) is 0 Å². The average Bonchev–Trinajstić information content (AvgIpc) is 2.37. The van der Waals surface area contributed by atoms with Crippen molar-refractivity contribution < 1.29 is 23.5 Å². The Balaban J connectivity index is 2.89. The van der Waals surface area contributed by atoms with E-state index < -0.39 is 17.8 Å². The summed E-state index contributed by atoms with van der Waals surface area (Å²) in [5.41, 5.74) is 5.58. The van der Waals surface area contributed by atoms with Crippen LogP contribution in [0.3, 0.4) is 0 Å². The maximum Gasteiger partial charge on any atom is 0.339 e. The van der Waals surface area contributed by atoms with E-state index in [4.69, 9.17) is 10.5 Å². The molecule has 0 aliphatic heterocycles. The van der Waals surface area contributed by atoms with Gasteiger partial charge >= 0.3 is 11.9 Å². The lowest BCUT2D eigenvalue weighted by atomic mass is 10.2. The second-order valence-electron chi connectivity index (χ2n) is 3.46. The van der Waals surface area contributed by atoms with E-state index in [2.05, 4.69) is 4.74 Å². The van der Waals surface area contributed by atoms with Gasteiger partial charge in [-0.2, -0.15) is 0 Å². The number of carbonyl (C=O) groups excluding carboxylic acids is 2. The lowest BCUT2D eigenvalue weighted by Gasteiger charge is -2.08. The van der Waals surface area contributed by atoms with Crippen molar-refractivity contribution in [3.05, 3.63) is 23.5 Å². The number of benzene rings is 1. The Morgan fingerprint density at radius 3 is 2.68 bits per heavy atom. The number of hydrogen-bond donors (Lipinski definition) is 1. The fourth-order valence-corrected chi connectivity index (χ4v) is 2.06. The highest BCUT2D eigenvalue weighted by Gasteiger charge is 2.16. The molecule has 0 radical (unpaired) electrons. The summed E-state index contributed by atoms with van der Waals surface area (Å²) in [7, 11) is 1.20. The van der Waals surface area contributed by atoms with Crippen LogP contribution in [0.5, 0.6) is 0 Å². The summed E-state index contributed by atoms with van der Waals surface area (Å²) in [5.74, 6) is -1.76. The Hall–Kier alpha value is -1.76. The number of thioether (sulfide) groups is 1. The molecule has 0 saturated carbocycles. The highest BCUT2D eigenvalue weighted by atomic mass is 32.2. The summed E-state index contributed by atoms with van der Waals surface area (Å²) < 4.78 is 22.9. The molecule has 1 aromatic carbocycles. The molecular weight excluding hydrogens is 273 g/mol. The van der Waals surface area contributed by atoms with Crippen molar-refractivity contribution in [1.82, 2.24) is 0 Å². The second kappa shape index (κ2) is 6.98. The Morgan fingerprint density at radius 2 is 2.11 bits per heavy atom. The lowest BCUT2D eigenvalue weighted by molar-refractivity contribution is -0.139. The largest absolute Gasteiger partial charge is 0.465 e. The third kappa shape index (κ3) is 4.13. The summed E-state index contributed by atoms with van der Waals surface area (Å²) in [6.45, 7) is 1.94. The first-order valence-electron chi connectivity index (χ1n) is 5.45. The van der Waals surface area contributed by atoms with Gasteiger partial charge in [0.1, 0.15) is 5.82 Å². The molecule has 0 heterocycles. The first kappa shape index (κ1) is 15.3.